The minimum Gasteiger partial charge on any atom is -0.332 e. The van der Waals surface area contributed by atoms with Crippen molar-refractivity contribution in [3.05, 3.63) is 35.8 Å². The normalized spacial score (nSPS) is 12.3. The van der Waals surface area contributed by atoms with Crippen molar-refractivity contribution in [1.29, 1.82) is 0 Å². The van der Waals surface area contributed by atoms with Crippen molar-refractivity contribution in [3.8, 4) is 0 Å². The van der Waals surface area contributed by atoms with E-state index in [2.05, 4.69) is 14.7 Å². The second kappa shape index (κ2) is 5.13. The Morgan fingerprint density at radius 3 is 2.38 bits per heavy atom. The third kappa shape index (κ3) is 3.23. The highest BCUT2D eigenvalue weighted by Gasteiger charge is 2.20. The molecule has 21 heavy (non-hydrogen) atoms. The minimum atomic E-state index is -3.93. The summed E-state index contributed by atoms with van der Waals surface area (Å²) >= 11 is 0. The maximum atomic E-state index is 12.2. The summed E-state index contributed by atoms with van der Waals surface area (Å²) in [4.78, 5) is 6.27. The fraction of sp³-hybridized carbons (Fsp3) is 0.182. The van der Waals surface area contributed by atoms with E-state index in [-0.39, 0.29) is 21.2 Å². The van der Waals surface area contributed by atoms with E-state index in [1.54, 1.807) is 6.92 Å². The number of anilines is 1. The summed E-state index contributed by atoms with van der Waals surface area (Å²) < 4.78 is 49.5. The van der Waals surface area contributed by atoms with E-state index in [4.69, 9.17) is 5.14 Å². The molecule has 2 rings (SSSR count). The topological polar surface area (TPSA) is 135 Å². The largest absolute Gasteiger partial charge is 0.332 e. The molecule has 0 bridgehead atoms. The van der Waals surface area contributed by atoms with Gasteiger partial charge in [-0.2, -0.15) is 8.42 Å². The summed E-state index contributed by atoms with van der Waals surface area (Å²) in [5.41, 5.74) is 0.355. The Hall–Kier alpha value is -1.91. The number of aromatic nitrogens is 2. The highest BCUT2D eigenvalue weighted by atomic mass is 32.2. The molecule has 0 aliphatic heterocycles. The van der Waals surface area contributed by atoms with Crippen molar-refractivity contribution in [2.24, 2.45) is 5.14 Å². The third-order valence-electron chi connectivity index (χ3n) is 2.80. The van der Waals surface area contributed by atoms with Crippen LogP contribution in [0.2, 0.25) is 0 Å². The molecule has 114 valence electrons. The van der Waals surface area contributed by atoms with Crippen molar-refractivity contribution in [2.45, 2.75) is 23.8 Å². The number of nitrogens with two attached hydrogens (primary N) is 1. The number of sulfonamides is 2. The van der Waals surface area contributed by atoms with E-state index < -0.39 is 20.0 Å². The van der Waals surface area contributed by atoms with Crippen molar-refractivity contribution in [2.75, 3.05) is 4.72 Å². The first-order valence-electron chi connectivity index (χ1n) is 5.78. The fourth-order valence-electron chi connectivity index (χ4n) is 1.77. The number of aryl methyl sites for hydroxylation is 1. The zero-order chi connectivity index (χ0) is 15.8. The molecule has 2 aromatic rings. The van der Waals surface area contributed by atoms with Gasteiger partial charge in [-0.3, -0.25) is 4.72 Å². The Bertz CT molecular complexity index is 885. The van der Waals surface area contributed by atoms with Gasteiger partial charge in [0.25, 0.3) is 10.0 Å². The van der Waals surface area contributed by atoms with Crippen LogP contribution in [-0.2, 0) is 20.0 Å². The second-order valence-corrected chi connectivity index (χ2v) is 7.59. The SMILES string of the molecule is Cc1ncc(S(=O)(=O)Nc2cccc(S(N)(=O)=O)c2C)[nH]1. The van der Waals surface area contributed by atoms with Crippen LogP contribution in [0.5, 0.6) is 0 Å². The first-order valence-corrected chi connectivity index (χ1v) is 8.81. The number of nitrogens with one attached hydrogen (secondary N) is 2. The zero-order valence-electron chi connectivity index (χ0n) is 11.3. The molecule has 0 spiro atoms. The Balaban J connectivity index is 2.46. The molecule has 0 aliphatic carbocycles. The molecule has 1 heterocycles. The summed E-state index contributed by atoms with van der Waals surface area (Å²) in [6, 6.07) is 4.16. The van der Waals surface area contributed by atoms with E-state index in [1.165, 1.54) is 31.3 Å². The Kier molecular flexibility index (Phi) is 3.78. The summed E-state index contributed by atoms with van der Waals surface area (Å²) in [6.45, 7) is 3.09. The van der Waals surface area contributed by atoms with E-state index >= 15 is 0 Å². The van der Waals surface area contributed by atoms with E-state index in [9.17, 15) is 16.8 Å². The smallest absolute Gasteiger partial charge is 0.278 e. The molecule has 0 unspecified atom stereocenters. The van der Waals surface area contributed by atoms with Crippen molar-refractivity contribution < 1.29 is 16.8 Å². The van der Waals surface area contributed by atoms with Crippen LogP contribution in [0.1, 0.15) is 11.4 Å². The number of rotatable bonds is 4. The van der Waals surface area contributed by atoms with Crippen LogP contribution < -0.4 is 9.86 Å². The van der Waals surface area contributed by atoms with Crippen molar-refractivity contribution in [3.63, 3.8) is 0 Å². The summed E-state index contributed by atoms with van der Waals surface area (Å²) in [5.74, 6) is 0.449. The van der Waals surface area contributed by atoms with Gasteiger partial charge >= 0.3 is 0 Å². The molecule has 0 saturated carbocycles. The second-order valence-electron chi connectivity index (χ2n) is 4.41. The van der Waals surface area contributed by atoms with Crippen LogP contribution >= 0.6 is 0 Å². The number of aromatic amines is 1. The van der Waals surface area contributed by atoms with Gasteiger partial charge < -0.3 is 4.98 Å². The molecule has 1 aromatic heterocycles. The number of hydrogen-bond acceptors (Lipinski definition) is 5. The van der Waals surface area contributed by atoms with Crippen molar-refractivity contribution in [1.82, 2.24) is 9.97 Å². The van der Waals surface area contributed by atoms with Gasteiger partial charge in [0.1, 0.15) is 5.82 Å². The summed E-state index contributed by atoms with van der Waals surface area (Å²) in [6.07, 6.45) is 1.18. The van der Waals surface area contributed by atoms with Gasteiger partial charge in [0.05, 0.1) is 16.8 Å². The Labute approximate surface area is 122 Å². The quantitative estimate of drug-likeness (QED) is 0.749. The lowest BCUT2D eigenvalue weighted by molar-refractivity contribution is 0.595. The fourth-order valence-corrected chi connectivity index (χ4v) is 3.67. The number of benzene rings is 1. The lowest BCUT2D eigenvalue weighted by atomic mass is 10.2. The first kappa shape index (κ1) is 15.5. The van der Waals surface area contributed by atoms with Gasteiger partial charge in [-0.1, -0.05) is 6.07 Å². The van der Waals surface area contributed by atoms with Crippen LogP contribution in [0.15, 0.2) is 34.3 Å². The maximum absolute atomic E-state index is 12.2. The van der Waals surface area contributed by atoms with E-state index in [0.717, 1.165) is 0 Å². The Morgan fingerprint density at radius 1 is 1.19 bits per heavy atom. The van der Waals surface area contributed by atoms with Gasteiger partial charge in [-0.05, 0) is 31.5 Å². The first-order chi connectivity index (χ1) is 9.61. The monoisotopic (exact) mass is 330 g/mol. The highest BCUT2D eigenvalue weighted by molar-refractivity contribution is 7.92. The van der Waals surface area contributed by atoms with E-state index in [0.29, 0.717) is 5.82 Å². The van der Waals surface area contributed by atoms with Gasteiger partial charge in [-0.15, -0.1) is 0 Å². The number of imidazole rings is 1. The number of H-pyrrole nitrogens is 1. The number of primary sulfonamides is 1. The van der Waals surface area contributed by atoms with Gasteiger partial charge in [0, 0.05) is 0 Å². The molecule has 0 atom stereocenters. The molecule has 0 radical (unpaired) electrons. The van der Waals surface area contributed by atoms with Crippen LogP contribution in [0, 0.1) is 13.8 Å². The molecule has 0 fully saturated rings. The molecule has 0 aliphatic rings. The van der Waals surface area contributed by atoms with E-state index in [1.807, 2.05) is 0 Å². The lowest BCUT2D eigenvalue weighted by Gasteiger charge is -2.11. The molecular weight excluding hydrogens is 316 g/mol. The average Bonchev–Trinajstić information content (AvgIpc) is 2.78. The van der Waals surface area contributed by atoms with Crippen LogP contribution in [0.4, 0.5) is 5.69 Å². The highest BCUT2D eigenvalue weighted by Crippen LogP contribution is 2.24. The van der Waals surface area contributed by atoms with Gasteiger partial charge in [-0.25, -0.2) is 18.5 Å². The molecule has 0 amide bonds. The lowest BCUT2D eigenvalue weighted by Crippen LogP contribution is -2.17. The minimum absolute atomic E-state index is 0.111. The average molecular weight is 330 g/mol. The maximum Gasteiger partial charge on any atom is 0.278 e. The van der Waals surface area contributed by atoms with Gasteiger partial charge in [0.15, 0.2) is 5.03 Å². The molecule has 1 aromatic carbocycles. The van der Waals surface area contributed by atoms with Crippen LogP contribution in [0.25, 0.3) is 0 Å². The molecule has 10 heteroatoms. The Morgan fingerprint density at radius 2 is 1.86 bits per heavy atom. The third-order valence-corrected chi connectivity index (χ3v) is 5.13. The van der Waals surface area contributed by atoms with Crippen LogP contribution in [-0.4, -0.2) is 26.8 Å². The molecule has 4 N–H and O–H groups in total. The summed E-state index contributed by atoms with van der Waals surface area (Å²) in [5, 5.41) is 4.97. The number of nitrogens with zero attached hydrogens (tertiary/aromatic N) is 1. The predicted octanol–water partition coefficient (Wildman–Crippen LogP) is 0.475. The standard InChI is InChI=1S/C11H14N4O4S2/c1-7-9(4-3-5-10(7)20(12,16)17)15-21(18,19)11-6-13-8(2)14-11/h3-6,15H,1-2H3,(H,13,14)(H2,12,16,17). The molecule has 0 saturated heterocycles. The number of hydrogen-bond donors (Lipinski definition) is 3. The summed E-state index contributed by atoms with van der Waals surface area (Å²) in [7, 11) is -7.81. The molecular formula is C11H14N4O4S2. The molecule has 8 nitrogen and oxygen atoms in total. The van der Waals surface area contributed by atoms with Crippen molar-refractivity contribution >= 4 is 25.7 Å². The zero-order valence-corrected chi connectivity index (χ0v) is 12.9. The predicted molar refractivity (Wildman–Crippen MR) is 76.7 cm³/mol. The van der Waals surface area contributed by atoms with Gasteiger partial charge in [0.2, 0.25) is 10.0 Å². The van der Waals surface area contributed by atoms with Crippen LogP contribution in [0.3, 0.4) is 0 Å².